The molecule has 0 aromatic heterocycles. The summed E-state index contributed by atoms with van der Waals surface area (Å²) >= 11 is 0. The molecule has 0 aliphatic heterocycles. The highest BCUT2D eigenvalue weighted by Crippen LogP contribution is 2.25. The minimum absolute atomic E-state index is 0.130. The molecule has 7 heteroatoms. The normalized spacial score (nSPS) is 13.3. The van der Waals surface area contributed by atoms with E-state index in [1.807, 2.05) is 97.1 Å². The fourth-order valence-corrected chi connectivity index (χ4v) is 5.66. The van der Waals surface area contributed by atoms with Crippen LogP contribution in [-0.4, -0.2) is 43.1 Å². The second-order valence-corrected chi connectivity index (χ2v) is 13.2. The highest BCUT2D eigenvalue weighted by molar-refractivity contribution is 5.90. The quantitative estimate of drug-likeness (QED) is 0.128. The van der Waals surface area contributed by atoms with E-state index in [2.05, 4.69) is 41.8 Å². The van der Waals surface area contributed by atoms with E-state index < -0.39 is 35.5 Å². The molecule has 256 valence electrons. The molecular formula is C42H48N2O5. The SMILES string of the molecule is COCC(NC(=O)[C@H](Cc1ccccc1)NC(=O)[C@H](CC=Cc1ccc(-c2ccccc2)c(C)c1)CC(=O)OC(C)(C)C)c1ccccc1. The fourth-order valence-electron chi connectivity index (χ4n) is 5.66. The van der Waals surface area contributed by atoms with Crippen LogP contribution in [0.5, 0.6) is 0 Å². The third-order valence-corrected chi connectivity index (χ3v) is 8.04. The molecule has 1 unspecified atom stereocenters. The number of nitrogens with one attached hydrogen (secondary N) is 2. The lowest BCUT2D eigenvalue weighted by Gasteiger charge is -2.26. The smallest absolute Gasteiger partial charge is 0.307 e. The molecule has 2 amide bonds. The summed E-state index contributed by atoms with van der Waals surface area (Å²) < 4.78 is 11.0. The van der Waals surface area contributed by atoms with Crippen molar-refractivity contribution in [3.8, 4) is 11.1 Å². The minimum Gasteiger partial charge on any atom is -0.460 e. The van der Waals surface area contributed by atoms with Crippen molar-refractivity contribution in [3.63, 3.8) is 0 Å². The Labute approximate surface area is 290 Å². The summed E-state index contributed by atoms with van der Waals surface area (Å²) in [7, 11) is 1.58. The van der Waals surface area contributed by atoms with Gasteiger partial charge in [-0.15, -0.1) is 0 Å². The van der Waals surface area contributed by atoms with Crippen LogP contribution < -0.4 is 10.6 Å². The number of hydrogen-bond donors (Lipinski definition) is 2. The molecule has 0 aliphatic carbocycles. The molecule has 0 aliphatic rings. The number of hydrogen-bond acceptors (Lipinski definition) is 5. The van der Waals surface area contributed by atoms with Crippen molar-refractivity contribution in [2.45, 2.75) is 64.6 Å². The highest BCUT2D eigenvalue weighted by Gasteiger charge is 2.30. The molecule has 0 bridgehead atoms. The van der Waals surface area contributed by atoms with Gasteiger partial charge in [-0.3, -0.25) is 14.4 Å². The van der Waals surface area contributed by atoms with Gasteiger partial charge in [0.15, 0.2) is 0 Å². The van der Waals surface area contributed by atoms with Crippen LogP contribution in [0.3, 0.4) is 0 Å². The fraction of sp³-hybridized carbons (Fsp3) is 0.310. The largest absolute Gasteiger partial charge is 0.460 e. The van der Waals surface area contributed by atoms with Crippen LogP contribution in [0, 0.1) is 12.8 Å². The lowest BCUT2D eigenvalue weighted by Crippen LogP contribution is -2.51. The van der Waals surface area contributed by atoms with Gasteiger partial charge in [0.2, 0.25) is 11.8 Å². The molecule has 2 N–H and O–H groups in total. The number of esters is 1. The average Bonchev–Trinajstić information content (AvgIpc) is 3.07. The number of benzene rings is 4. The zero-order valence-electron chi connectivity index (χ0n) is 29.1. The number of aryl methyl sites for hydroxylation is 1. The number of carbonyl (C=O) groups excluding carboxylic acids is 3. The first kappa shape index (κ1) is 36.8. The van der Waals surface area contributed by atoms with Crippen LogP contribution in [0.25, 0.3) is 17.2 Å². The number of ether oxygens (including phenoxy) is 2. The number of methoxy groups -OCH3 is 1. The first-order valence-corrected chi connectivity index (χ1v) is 16.8. The van der Waals surface area contributed by atoms with Gasteiger partial charge < -0.3 is 20.1 Å². The Bertz CT molecular complexity index is 1680. The summed E-state index contributed by atoms with van der Waals surface area (Å²) in [6.45, 7) is 7.73. The molecule has 0 saturated heterocycles. The number of carbonyl (C=O) groups is 3. The average molecular weight is 661 g/mol. The van der Waals surface area contributed by atoms with E-state index in [0.29, 0.717) is 0 Å². The van der Waals surface area contributed by atoms with Crippen molar-refractivity contribution in [2.75, 3.05) is 13.7 Å². The predicted molar refractivity (Wildman–Crippen MR) is 195 cm³/mol. The van der Waals surface area contributed by atoms with Crippen molar-refractivity contribution in [1.82, 2.24) is 10.6 Å². The Balaban J connectivity index is 1.55. The Morgan fingerprint density at radius 3 is 2.04 bits per heavy atom. The Morgan fingerprint density at radius 1 is 0.796 bits per heavy atom. The summed E-state index contributed by atoms with van der Waals surface area (Å²) in [4.78, 5) is 40.8. The molecule has 0 saturated carbocycles. The van der Waals surface area contributed by atoms with Gasteiger partial charge in [0.1, 0.15) is 11.6 Å². The van der Waals surface area contributed by atoms with E-state index in [1.54, 1.807) is 27.9 Å². The van der Waals surface area contributed by atoms with Crippen molar-refractivity contribution >= 4 is 23.9 Å². The second kappa shape index (κ2) is 17.9. The maximum Gasteiger partial charge on any atom is 0.307 e. The Hall–Kier alpha value is -5.01. The van der Waals surface area contributed by atoms with Crippen LogP contribution >= 0.6 is 0 Å². The van der Waals surface area contributed by atoms with E-state index in [1.165, 1.54) is 0 Å². The lowest BCUT2D eigenvalue weighted by molar-refractivity contribution is -0.157. The van der Waals surface area contributed by atoms with Crippen LogP contribution in [0.1, 0.15) is 61.9 Å². The molecule has 4 aromatic rings. The molecule has 7 nitrogen and oxygen atoms in total. The Morgan fingerprint density at radius 2 is 1.43 bits per heavy atom. The van der Waals surface area contributed by atoms with Gasteiger partial charge in [0, 0.05) is 13.5 Å². The van der Waals surface area contributed by atoms with Crippen LogP contribution in [0.4, 0.5) is 0 Å². The number of allylic oxidation sites excluding steroid dienone is 1. The van der Waals surface area contributed by atoms with Crippen molar-refractivity contribution in [3.05, 3.63) is 138 Å². The maximum absolute atomic E-state index is 14.0. The standard InChI is InChI=1S/C42H48N2O5/c1-30-26-32(24-25-36(30)33-19-11-7-12-20-33)18-15-23-35(28-39(45)49-42(2,3)4)40(46)43-37(27-31-16-9-6-10-17-31)41(47)44-38(29-48-5)34-21-13-8-14-22-34/h6-22,24-26,35,37-38H,23,27-29H2,1-5H3,(H,43,46)(H,44,47)/t35-,37+,38?/m1/s1. The summed E-state index contributed by atoms with van der Waals surface area (Å²) in [5.74, 6) is -1.97. The van der Waals surface area contributed by atoms with Gasteiger partial charge >= 0.3 is 5.97 Å². The monoisotopic (exact) mass is 660 g/mol. The lowest BCUT2D eigenvalue weighted by atomic mass is 9.96. The van der Waals surface area contributed by atoms with E-state index in [-0.39, 0.29) is 31.8 Å². The molecular weight excluding hydrogens is 612 g/mol. The molecule has 4 rings (SSSR count). The van der Waals surface area contributed by atoms with E-state index >= 15 is 0 Å². The maximum atomic E-state index is 14.0. The van der Waals surface area contributed by atoms with E-state index in [9.17, 15) is 14.4 Å². The first-order chi connectivity index (χ1) is 23.5. The van der Waals surface area contributed by atoms with Gasteiger partial charge in [-0.2, -0.15) is 0 Å². The molecule has 49 heavy (non-hydrogen) atoms. The molecule has 0 radical (unpaired) electrons. The molecule has 3 atom stereocenters. The van der Waals surface area contributed by atoms with Crippen LogP contribution in [0.15, 0.2) is 115 Å². The summed E-state index contributed by atoms with van der Waals surface area (Å²) in [5, 5.41) is 6.06. The third kappa shape index (κ3) is 11.9. The van der Waals surface area contributed by atoms with Gasteiger partial charge in [-0.05, 0) is 67.5 Å². The molecule has 0 heterocycles. The van der Waals surface area contributed by atoms with Crippen molar-refractivity contribution in [2.24, 2.45) is 5.92 Å². The summed E-state index contributed by atoms with van der Waals surface area (Å²) in [5.41, 5.74) is 5.51. The van der Waals surface area contributed by atoms with Crippen molar-refractivity contribution < 1.29 is 23.9 Å². The van der Waals surface area contributed by atoms with Gasteiger partial charge in [-0.25, -0.2) is 0 Å². The highest BCUT2D eigenvalue weighted by atomic mass is 16.6. The molecule has 0 fully saturated rings. The zero-order valence-corrected chi connectivity index (χ0v) is 29.1. The van der Waals surface area contributed by atoms with E-state index in [4.69, 9.17) is 9.47 Å². The van der Waals surface area contributed by atoms with Crippen LogP contribution in [-0.2, 0) is 30.3 Å². The first-order valence-electron chi connectivity index (χ1n) is 16.8. The van der Waals surface area contributed by atoms with Gasteiger partial charge in [-0.1, -0.05) is 121 Å². The predicted octanol–water partition coefficient (Wildman–Crippen LogP) is 7.64. The third-order valence-electron chi connectivity index (χ3n) is 8.04. The van der Waals surface area contributed by atoms with Crippen LogP contribution in [0.2, 0.25) is 0 Å². The van der Waals surface area contributed by atoms with Crippen molar-refractivity contribution in [1.29, 1.82) is 0 Å². The van der Waals surface area contributed by atoms with Gasteiger partial charge in [0.05, 0.1) is 25.0 Å². The van der Waals surface area contributed by atoms with Gasteiger partial charge in [0.25, 0.3) is 0 Å². The number of rotatable bonds is 15. The zero-order chi connectivity index (χ0) is 35.2. The second-order valence-electron chi connectivity index (χ2n) is 13.2. The summed E-state index contributed by atoms with van der Waals surface area (Å²) in [6.07, 6.45) is 4.29. The molecule has 0 spiro atoms. The Kier molecular flexibility index (Phi) is 13.5. The number of amides is 2. The topological polar surface area (TPSA) is 93.7 Å². The summed E-state index contributed by atoms with van der Waals surface area (Å²) in [6, 6.07) is 34.2. The van der Waals surface area contributed by atoms with E-state index in [0.717, 1.165) is 33.4 Å². The minimum atomic E-state index is -0.892. The molecule has 4 aromatic carbocycles.